The van der Waals surface area contributed by atoms with Crippen LogP contribution in [0.1, 0.15) is 52.0 Å². The first-order chi connectivity index (χ1) is 10.7. The topological polar surface area (TPSA) is 114 Å². The quantitative estimate of drug-likeness (QED) is 0.759. The third-order valence-electron chi connectivity index (χ3n) is 3.17. The maximum absolute atomic E-state index is 12.0. The molecular formula is C15H24ClN3O5. The summed E-state index contributed by atoms with van der Waals surface area (Å²) < 4.78 is 6.30. The van der Waals surface area contributed by atoms with Crippen molar-refractivity contribution in [1.82, 2.24) is 15.1 Å². The molecule has 0 bridgehead atoms. The number of nitrogens with zero attached hydrogens (tertiary/aromatic N) is 2. The molecule has 0 aliphatic heterocycles. The molecule has 0 saturated carbocycles. The lowest BCUT2D eigenvalue weighted by Gasteiger charge is -2.32. The van der Waals surface area contributed by atoms with Crippen LogP contribution >= 0.6 is 11.6 Å². The number of carboxylic acid groups (broad SMARTS) is 1. The Kier molecular flexibility index (Phi) is 5.76. The molecule has 1 aromatic heterocycles. The van der Waals surface area contributed by atoms with E-state index in [2.05, 4.69) is 10.4 Å². The van der Waals surface area contributed by atoms with E-state index in [1.165, 1.54) is 0 Å². The molecule has 136 valence electrons. The largest absolute Gasteiger partial charge is 0.491 e. The molecule has 0 spiro atoms. The number of alkyl carbamates (subject to hydrolysis) is 1. The Labute approximate surface area is 145 Å². The van der Waals surface area contributed by atoms with Crippen LogP contribution < -0.4 is 5.32 Å². The number of hydrogen-bond acceptors (Lipinski definition) is 5. The van der Waals surface area contributed by atoms with Crippen molar-refractivity contribution in [1.29, 1.82) is 0 Å². The van der Waals surface area contributed by atoms with Crippen LogP contribution in [0.5, 0.6) is 5.88 Å². The molecule has 1 heterocycles. The van der Waals surface area contributed by atoms with E-state index in [1.807, 2.05) is 20.8 Å². The summed E-state index contributed by atoms with van der Waals surface area (Å²) in [5.74, 6) is -1.89. The van der Waals surface area contributed by atoms with Crippen molar-refractivity contribution in [2.75, 3.05) is 0 Å². The lowest BCUT2D eigenvalue weighted by atomic mass is 9.86. The Morgan fingerprint density at radius 3 is 2.25 bits per heavy atom. The minimum absolute atomic E-state index is 0.00462. The molecule has 0 aliphatic rings. The smallest absolute Gasteiger partial charge is 0.407 e. The minimum atomic E-state index is -1.32. The molecule has 0 aromatic carbocycles. The van der Waals surface area contributed by atoms with Crippen LogP contribution in [0.15, 0.2) is 0 Å². The predicted molar refractivity (Wildman–Crippen MR) is 88.5 cm³/mol. The Morgan fingerprint density at radius 2 is 1.83 bits per heavy atom. The third-order valence-corrected chi connectivity index (χ3v) is 3.52. The van der Waals surface area contributed by atoms with Gasteiger partial charge >= 0.3 is 12.1 Å². The number of rotatable bonds is 4. The minimum Gasteiger partial charge on any atom is -0.491 e. The molecule has 24 heavy (non-hydrogen) atoms. The summed E-state index contributed by atoms with van der Waals surface area (Å²) in [6, 6.07) is -0.513. The number of aromatic nitrogens is 2. The summed E-state index contributed by atoms with van der Waals surface area (Å²) in [7, 11) is 0. The van der Waals surface area contributed by atoms with Crippen LogP contribution in [-0.4, -0.2) is 43.7 Å². The fraction of sp³-hybridized carbons (Fsp3) is 0.667. The molecule has 0 radical (unpaired) electrons. The Hall–Kier alpha value is -1.96. The molecular weight excluding hydrogens is 338 g/mol. The lowest BCUT2D eigenvalue weighted by Crippen LogP contribution is -2.48. The average Bonchev–Trinajstić information content (AvgIpc) is 2.60. The SMILES string of the molecule is CC(C)(C)OC(=O)NC(Cn1nc(O)c(Cl)c1C(=O)O)C(C)(C)C. The summed E-state index contributed by atoms with van der Waals surface area (Å²) in [5, 5.41) is 24.9. The van der Waals surface area contributed by atoms with Gasteiger partial charge in [0.1, 0.15) is 10.6 Å². The lowest BCUT2D eigenvalue weighted by molar-refractivity contribution is 0.0451. The number of amides is 1. The van der Waals surface area contributed by atoms with Crippen LogP contribution in [0, 0.1) is 5.41 Å². The number of nitrogens with one attached hydrogen (secondary N) is 1. The second-order valence-electron chi connectivity index (χ2n) is 7.54. The van der Waals surface area contributed by atoms with E-state index in [0.717, 1.165) is 4.68 Å². The number of carboxylic acids is 1. The van der Waals surface area contributed by atoms with Gasteiger partial charge in [-0.05, 0) is 26.2 Å². The van der Waals surface area contributed by atoms with Crippen molar-refractivity contribution in [3.05, 3.63) is 10.7 Å². The van der Waals surface area contributed by atoms with Gasteiger partial charge in [0.25, 0.3) is 0 Å². The van der Waals surface area contributed by atoms with Crippen molar-refractivity contribution in [2.45, 2.75) is 59.7 Å². The fourth-order valence-corrected chi connectivity index (χ4v) is 2.14. The highest BCUT2D eigenvalue weighted by Crippen LogP contribution is 2.28. The van der Waals surface area contributed by atoms with E-state index >= 15 is 0 Å². The first-order valence-corrected chi connectivity index (χ1v) is 7.78. The second kappa shape index (κ2) is 6.88. The van der Waals surface area contributed by atoms with Gasteiger partial charge < -0.3 is 20.3 Å². The first-order valence-electron chi connectivity index (χ1n) is 7.40. The van der Waals surface area contributed by atoms with E-state index in [9.17, 15) is 19.8 Å². The van der Waals surface area contributed by atoms with E-state index in [1.54, 1.807) is 20.8 Å². The van der Waals surface area contributed by atoms with Crippen LogP contribution in [0.3, 0.4) is 0 Å². The van der Waals surface area contributed by atoms with E-state index in [-0.39, 0.29) is 17.3 Å². The predicted octanol–water partition coefficient (Wildman–Crippen LogP) is 2.88. The highest BCUT2D eigenvalue weighted by atomic mass is 35.5. The molecule has 1 rings (SSSR count). The zero-order valence-corrected chi connectivity index (χ0v) is 15.4. The highest BCUT2D eigenvalue weighted by molar-refractivity contribution is 6.34. The van der Waals surface area contributed by atoms with Crippen molar-refractivity contribution in [2.24, 2.45) is 5.41 Å². The van der Waals surface area contributed by atoms with Crippen LogP contribution in [0.4, 0.5) is 4.79 Å². The Bertz CT molecular complexity index is 628. The van der Waals surface area contributed by atoms with Gasteiger partial charge in [-0.15, -0.1) is 5.10 Å². The molecule has 1 amide bonds. The monoisotopic (exact) mass is 361 g/mol. The molecule has 8 nitrogen and oxygen atoms in total. The summed E-state index contributed by atoms with van der Waals surface area (Å²) >= 11 is 5.77. The van der Waals surface area contributed by atoms with Gasteiger partial charge in [-0.2, -0.15) is 0 Å². The van der Waals surface area contributed by atoms with E-state index < -0.39 is 35.0 Å². The van der Waals surface area contributed by atoms with Crippen LogP contribution in [-0.2, 0) is 11.3 Å². The number of halogens is 1. The standard InChI is InChI=1S/C15H24ClN3O5/c1-14(2,3)8(17-13(23)24-15(4,5)6)7-19-10(12(21)22)9(16)11(20)18-19/h8H,7H2,1-6H3,(H,17,23)(H,18,20)(H,21,22). The molecule has 9 heteroatoms. The number of hydrogen-bond donors (Lipinski definition) is 3. The molecule has 1 aromatic rings. The van der Waals surface area contributed by atoms with Gasteiger partial charge in [0.05, 0.1) is 12.6 Å². The maximum atomic E-state index is 12.0. The van der Waals surface area contributed by atoms with Gasteiger partial charge in [-0.3, -0.25) is 4.68 Å². The molecule has 0 fully saturated rings. The number of carbonyl (C=O) groups excluding carboxylic acids is 1. The van der Waals surface area contributed by atoms with Gasteiger partial charge in [0.2, 0.25) is 5.88 Å². The van der Waals surface area contributed by atoms with Crippen LogP contribution in [0.2, 0.25) is 5.02 Å². The fourth-order valence-electron chi connectivity index (χ4n) is 1.92. The van der Waals surface area contributed by atoms with Crippen molar-refractivity contribution in [3.63, 3.8) is 0 Å². The summed E-state index contributed by atoms with van der Waals surface area (Å²) in [5.41, 5.74) is -1.43. The molecule has 0 aliphatic carbocycles. The second-order valence-corrected chi connectivity index (χ2v) is 7.92. The van der Waals surface area contributed by atoms with Crippen molar-refractivity contribution >= 4 is 23.7 Å². The summed E-state index contributed by atoms with van der Waals surface area (Å²) in [6.07, 6.45) is -0.623. The van der Waals surface area contributed by atoms with Crippen molar-refractivity contribution in [3.8, 4) is 5.88 Å². The third kappa shape index (κ3) is 5.30. The molecule has 1 atom stereocenters. The number of aromatic hydroxyl groups is 1. The van der Waals surface area contributed by atoms with E-state index in [0.29, 0.717) is 0 Å². The molecule has 1 unspecified atom stereocenters. The first kappa shape index (κ1) is 20.1. The Morgan fingerprint density at radius 1 is 1.29 bits per heavy atom. The zero-order chi connectivity index (χ0) is 18.9. The van der Waals surface area contributed by atoms with Crippen LogP contribution in [0.25, 0.3) is 0 Å². The number of carbonyl (C=O) groups is 2. The van der Waals surface area contributed by atoms with Gasteiger partial charge in [-0.25, -0.2) is 9.59 Å². The van der Waals surface area contributed by atoms with Gasteiger partial charge in [-0.1, -0.05) is 32.4 Å². The van der Waals surface area contributed by atoms with Gasteiger partial charge in [0.15, 0.2) is 5.69 Å². The zero-order valence-electron chi connectivity index (χ0n) is 14.7. The summed E-state index contributed by atoms with van der Waals surface area (Å²) in [4.78, 5) is 23.4. The average molecular weight is 362 g/mol. The molecule has 0 saturated heterocycles. The summed E-state index contributed by atoms with van der Waals surface area (Å²) in [6.45, 7) is 10.9. The maximum Gasteiger partial charge on any atom is 0.407 e. The van der Waals surface area contributed by atoms with Gasteiger partial charge in [0, 0.05) is 0 Å². The highest BCUT2D eigenvalue weighted by Gasteiger charge is 2.31. The normalized spacial score (nSPS) is 13.5. The molecule has 3 N–H and O–H groups in total. The van der Waals surface area contributed by atoms with Crippen molar-refractivity contribution < 1.29 is 24.5 Å². The Balaban J connectivity index is 3.07. The number of aromatic carboxylic acids is 1. The number of ether oxygens (including phenoxy) is 1. The van der Waals surface area contributed by atoms with E-state index in [4.69, 9.17) is 16.3 Å².